The largest absolute Gasteiger partial charge is 0.396 e. The Labute approximate surface area is 127 Å². The van der Waals surface area contributed by atoms with Crippen LogP contribution in [0.25, 0.3) is 0 Å². The number of anilines is 1. The molecule has 21 heavy (non-hydrogen) atoms. The fourth-order valence-corrected chi connectivity index (χ4v) is 3.92. The van der Waals surface area contributed by atoms with Crippen LogP contribution in [0.15, 0.2) is 28.6 Å². The van der Waals surface area contributed by atoms with Crippen LogP contribution in [-0.4, -0.2) is 19.9 Å². The first-order valence-electron chi connectivity index (χ1n) is 6.26. The van der Waals surface area contributed by atoms with E-state index >= 15 is 0 Å². The molecule has 1 aromatic carbocycles. The van der Waals surface area contributed by atoms with E-state index in [2.05, 4.69) is 9.71 Å². The van der Waals surface area contributed by atoms with Crippen LogP contribution in [0.1, 0.15) is 23.4 Å². The quantitative estimate of drug-likeness (QED) is 0.824. The topological polar surface area (TPSA) is 85.1 Å². The highest BCUT2D eigenvalue weighted by molar-refractivity contribution is 7.89. The van der Waals surface area contributed by atoms with Gasteiger partial charge in [-0.05, 0) is 24.6 Å². The Balaban J connectivity index is 2.17. The van der Waals surface area contributed by atoms with Crippen molar-refractivity contribution in [1.82, 2.24) is 9.71 Å². The van der Waals surface area contributed by atoms with Gasteiger partial charge in [-0.25, -0.2) is 22.5 Å². The average molecular weight is 329 g/mol. The van der Waals surface area contributed by atoms with E-state index in [-0.39, 0.29) is 23.0 Å². The average Bonchev–Trinajstić information content (AvgIpc) is 2.94. The number of benzene rings is 1. The standard InChI is InChI=1S/C13H16FN3O2S2/c1-8-5-10(14)11(15)6-12(8)21(18,19)17-7-9(2)13-16-3-4-20-13/h3-6,9,17H,7,15H2,1-2H3. The maximum Gasteiger partial charge on any atom is 0.240 e. The molecule has 2 rings (SSSR count). The Hall–Kier alpha value is -1.51. The molecule has 0 aliphatic rings. The van der Waals surface area contributed by atoms with E-state index in [0.29, 0.717) is 5.56 Å². The zero-order chi connectivity index (χ0) is 15.6. The second-order valence-electron chi connectivity index (χ2n) is 4.76. The maximum atomic E-state index is 13.3. The number of rotatable bonds is 5. The molecule has 0 spiro atoms. The maximum absolute atomic E-state index is 13.3. The summed E-state index contributed by atoms with van der Waals surface area (Å²) in [6.07, 6.45) is 1.68. The molecule has 0 bridgehead atoms. The van der Waals surface area contributed by atoms with Crippen LogP contribution >= 0.6 is 11.3 Å². The van der Waals surface area contributed by atoms with Gasteiger partial charge in [0.1, 0.15) is 5.82 Å². The number of nitrogen functional groups attached to an aromatic ring is 1. The fourth-order valence-electron chi connectivity index (χ4n) is 1.84. The molecule has 1 unspecified atom stereocenters. The van der Waals surface area contributed by atoms with E-state index in [0.717, 1.165) is 17.1 Å². The molecule has 1 aromatic heterocycles. The molecular formula is C13H16FN3O2S2. The van der Waals surface area contributed by atoms with Crippen molar-refractivity contribution in [3.8, 4) is 0 Å². The molecule has 3 N–H and O–H groups in total. The van der Waals surface area contributed by atoms with Crippen molar-refractivity contribution >= 4 is 27.0 Å². The summed E-state index contributed by atoms with van der Waals surface area (Å²) in [5.74, 6) is -0.666. The van der Waals surface area contributed by atoms with Crippen LogP contribution < -0.4 is 10.5 Å². The number of nitrogens with one attached hydrogen (secondary N) is 1. The molecule has 0 fully saturated rings. The van der Waals surface area contributed by atoms with Crippen molar-refractivity contribution in [2.45, 2.75) is 24.7 Å². The van der Waals surface area contributed by atoms with Crippen LogP contribution in [0.5, 0.6) is 0 Å². The van der Waals surface area contributed by atoms with E-state index in [9.17, 15) is 12.8 Å². The second kappa shape index (κ2) is 6.08. The number of nitrogens with two attached hydrogens (primary N) is 1. The van der Waals surface area contributed by atoms with Crippen molar-refractivity contribution in [3.05, 3.63) is 40.1 Å². The number of hydrogen-bond acceptors (Lipinski definition) is 5. The summed E-state index contributed by atoms with van der Waals surface area (Å²) in [5, 5.41) is 2.69. The molecule has 114 valence electrons. The molecule has 0 saturated carbocycles. The predicted octanol–water partition coefficient (Wildman–Crippen LogP) is 2.25. The SMILES string of the molecule is Cc1cc(F)c(N)cc1S(=O)(=O)NCC(C)c1nccs1. The van der Waals surface area contributed by atoms with Crippen molar-refractivity contribution < 1.29 is 12.8 Å². The monoisotopic (exact) mass is 329 g/mol. The Morgan fingerprint density at radius 2 is 2.19 bits per heavy atom. The third kappa shape index (κ3) is 3.58. The molecule has 1 atom stereocenters. The summed E-state index contributed by atoms with van der Waals surface area (Å²) in [6, 6.07) is 2.26. The number of aromatic nitrogens is 1. The first-order chi connectivity index (χ1) is 9.81. The summed E-state index contributed by atoms with van der Waals surface area (Å²) in [6.45, 7) is 3.63. The van der Waals surface area contributed by atoms with Crippen molar-refractivity contribution in [2.75, 3.05) is 12.3 Å². The first kappa shape index (κ1) is 15.9. The van der Waals surface area contributed by atoms with Crippen molar-refractivity contribution in [2.24, 2.45) is 0 Å². The van der Waals surface area contributed by atoms with Gasteiger partial charge in [-0.3, -0.25) is 0 Å². The van der Waals surface area contributed by atoms with E-state index in [1.807, 2.05) is 12.3 Å². The highest BCUT2D eigenvalue weighted by atomic mass is 32.2. The van der Waals surface area contributed by atoms with E-state index in [4.69, 9.17) is 5.73 Å². The number of nitrogens with zero attached hydrogens (tertiary/aromatic N) is 1. The molecule has 2 aromatic rings. The lowest BCUT2D eigenvalue weighted by atomic mass is 10.2. The van der Waals surface area contributed by atoms with Crippen molar-refractivity contribution in [1.29, 1.82) is 0 Å². The van der Waals surface area contributed by atoms with Gasteiger partial charge < -0.3 is 5.73 Å². The van der Waals surface area contributed by atoms with Crippen LogP contribution in [0, 0.1) is 12.7 Å². The summed E-state index contributed by atoms with van der Waals surface area (Å²) < 4.78 is 40.4. The zero-order valence-electron chi connectivity index (χ0n) is 11.6. The van der Waals surface area contributed by atoms with Gasteiger partial charge in [0.15, 0.2) is 0 Å². The van der Waals surface area contributed by atoms with Crippen molar-refractivity contribution in [3.63, 3.8) is 0 Å². The van der Waals surface area contributed by atoms with Gasteiger partial charge in [0.25, 0.3) is 0 Å². The Bertz CT molecular complexity index is 730. The van der Waals surface area contributed by atoms with Gasteiger partial charge in [0.05, 0.1) is 15.6 Å². The lowest BCUT2D eigenvalue weighted by molar-refractivity contribution is 0.573. The van der Waals surface area contributed by atoms with Gasteiger partial charge in [-0.1, -0.05) is 6.92 Å². The highest BCUT2D eigenvalue weighted by Crippen LogP contribution is 2.22. The minimum Gasteiger partial charge on any atom is -0.396 e. The zero-order valence-corrected chi connectivity index (χ0v) is 13.3. The number of hydrogen-bond donors (Lipinski definition) is 2. The third-order valence-electron chi connectivity index (χ3n) is 3.04. The number of halogens is 1. The fraction of sp³-hybridized carbons (Fsp3) is 0.308. The minimum atomic E-state index is -3.74. The highest BCUT2D eigenvalue weighted by Gasteiger charge is 2.20. The third-order valence-corrected chi connectivity index (χ3v) is 5.61. The summed E-state index contributed by atoms with van der Waals surface area (Å²) in [5.41, 5.74) is 5.57. The summed E-state index contributed by atoms with van der Waals surface area (Å²) >= 11 is 1.47. The molecule has 0 aliphatic heterocycles. The van der Waals surface area contributed by atoms with Crippen LogP contribution in [0.4, 0.5) is 10.1 Å². The number of sulfonamides is 1. The Morgan fingerprint density at radius 3 is 2.81 bits per heavy atom. The van der Waals surface area contributed by atoms with Gasteiger partial charge in [0.2, 0.25) is 10.0 Å². The number of thiazole rings is 1. The van der Waals surface area contributed by atoms with E-state index < -0.39 is 15.8 Å². The van der Waals surface area contributed by atoms with E-state index in [1.54, 1.807) is 6.20 Å². The minimum absolute atomic E-state index is 0.00672. The van der Waals surface area contributed by atoms with Crippen LogP contribution in [0.3, 0.4) is 0 Å². The lowest BCUT2D eigenvalue weighted by Gasteiger charge is -2.13. The van der Waals surface area contributed by atoms with Gasteiger partial charge in [-0.2, -0.15) is 0 Å². The second-order valence-corrected chi connectivity index (χ2v) is 7.42. The predicted molar refractivity (Wildman–Crippen MR) is 81.3 cm³/mol. The molecule has 8 heteroatoms. The molecule has 1 heterocycles. The molecule has 0 saturated heterocycles. The number of aryl methyl sites for hydroxylation is 1. The summed E-state index contributed by atoms with van der Waals surface area (Å²) in [7, 11) is -3.74. The molecule has 0 amide bonds. The molecule has 0 radical (unpaired) electrons. The Morgan fingerprint density at radius 1 is 1.48 bits per heavy atom. The Kier molecular flexibility index (Phi) is 4.60. The van der Waals surface area contributed by atoms with E-state index in [1.165, 1.54) is 18.3 Å². The normalized spacial score (nSPS) is 13.3. The van der Waals surface area contributed by atoms with Crippen LogP contribution in [-0.2, 0) is 10.0 Å². The smallest absolute Gasteiger partial charge is 0.240 e. The van der Waals surface area contributed by atoms with Gasteiger partial charge >= 0.3 is 0 Å². The first-order valence-corrected chi connectivity index (χ1v) is 8.62. The van der Waals surface area contributed by atoms with Gasteiger partial charge in [-0.15, -0.1) is 11.3 Å². The van der Waals surface area contributed by atoms with Gasteiger partial charge in [0, 0.05) is 24.0 Å². The molecule has 5 nitrogen and oxygen atoms in total. The molecular weight excluding hydrogens is 313 g/mol. The molecule has 0 aliphatic carbocycles. The summed E-state index contributed by atoms with van der Waals surface area (Å²) in [4.78, 5) is 4.14. The lowest BCUT2D eigenvalue weighted by Crippen LogP contribution is -2.28. The van der Waals surface area contributed by atoms with Crippen LogP contribution in [0.2, 0.25) is 0 Å².